The summed E-state index contributed by atoms with van der Waals surface area (Å²) in [7, 11) is 0. The quantitative estimate of drug-likeness (QED) is 0.176. The van der Waals surface area contributed by atoms with E-state index in [9.17, 15) is 0 Å². The van der Waals surface area contributed by atoms with Crippen molar-refractivity contribution in [3.05, 3.63) is 46.6 Å². The topological polar surface area (TPSA) is 24.9 Å². The van der Waals surface area contributed by atoms with Crippen LogP contribution in [0.5, 0.6) is 0 Å². The Morgan fingerprint density at radius 1 is 0.531 bits per heavy atom. The second kappa shape index (κ2) is 23.0. The van der Waals surface area contributed by atoms with Crippen molar-refractivity contribution in [1.82, 2.24) is 10.1 Å². The molecule has 0 aliphatic carbocycles. The molecule has 0 spiro atoms. The van der Waals surface area contributed by atoms with Gasteiger partial charge in [0.05, 0.1) is 13.2 Å². The van der Waals surface area contributed by atoms with Crippen LogP contribution in [0.2, 0.25) is 0 Å². The fraction of sp³-hybridized carbons (Fsp3) is 0.714. The molecule has 0 fully saturated rings. The van der Waals surface area contributed by atoms with Gasteiger partial charge in [-0.2, -0.15) is 10.1 Å². The van der Waals surface area contributed by atoms with Gasteiger partial charge in [0.1, 0.15) is 0 Å². The monoisotopic (exact) mass is 450 g/mol. The van der Waals surface area contributed by atoms with E-state index in [1.165, 1.54) is 22.3 Å². The zero-order chi connectivity index (χ0) is 24.8. The van der Waals surface area contributed by atoms with Crippen LogP contribution in [0.3, 0.4) is 0 Å². The maximum absolute atomic E-state index is 5.58. The lowest BCUT2D eigenvalue weighted by Gasteiger charge is -2.16. The summed E-state index contributed by atoms with van der Waals surface area (Å²) in [6.45, 7) is 26.5. The second-order valence-corrected chi connectivity index (χ2v) is 8.56. The number of hydrogen-bond acceptors (Lipinski definition) is 4. The Morgan fingerprint density at radius 3 is 1.09 bits per heavy atom. The van der Waals surface area contributed by atoms with Gasteiger partial charge in [-0.15, -0.1) is 0 Å². The SMILES string of the molecule is CCN(CC)OC/C=C(/C)CCC=C(C)C.CCN(CC)OC/C=C(\C)CCC=C(C)C. The Kier molecular flexibility index (Phi) is 23.7. The third-order valence-electron chi connectivity index (χ3n) is 4.97. The molecular weight excluding hydrogens is 396 g/mol. The molecule has 0 unspecified atom stereocenters. The zero-order valence-electron chi connectivity index (χ0n) is 23.1. The van der Waals surface area contributed by atoms with E-state index in [1.807, 2.05) is 10.1 Å². The summed E-state index contributed by atoms with van der Waals surface area (Å²) in [5, 5.41) is 3.94. The Labute approximate surface area is 200 Å². The van der Waals surface area contributed by atoms with Gasteiger partial charge < -0.3 is 0 Å². The largest absolute Gasteiger partial charge is 0.295 e. The number of allylic oxidation sites excluding steroid dienone is 6. The lowest BCUT2D eigenvalue weighted by molar-refractivity contribution is -0.141. The molecule has 0 heterocycles. The van der Waals surface area contributed by atoms with Crippen molar-refractivity contribution in [1.29, 1.82) is 0 Å². The number of hydroxylamine groups is 4. The lowest BCUT2D eigenvalue weighted by atomic mass is 10.1. The highest BCUT2D eigenvalue weighted by atomic mass is 16.7. The average Bonchev–Trinajstić information content (AvgIpc) is 2.74. The van der Waals surface area contributed by atoms with E-state index >= 15 is 0 Å². The maximum atomic E-state index is 5.58. The van der Waals surface area contributed by atoms with Crippen molar-refractivity contribution in [2.24, 2.45) is 0 Å². The molecule has 0 saturated carbocycles. The van der Waals surface area contributed by atoms with Gasteiger partial charge in [0.25, 0.3) is 0 Å². The maximum Gasteiger partial charge on any atom is 0.0869 e. The molecule has 32 heavy (non-hydrogen) atoms. The third kappa shape index (κ3) is 23.5. The van der Waals surface area contributed by atoms with E-state index in [1.54, 1.807) is 0 Å². The molecule has 0 saturated heterocycles. The van der Waals surface area contributed by atoms with Gasteiger partial charge in [0, 0.05) is 26.2 Å². The Hall–Kier alpha value is -1.20. The van der Waals surface area contributed by atoms with Crippen LogP contribution in [0.25, 0.3) is 0 Å². The van der Waals surface area contributed by atoms with E-state index in [2.05, 4.69) is 93.5 Å². The molecule has 188 valence electrons. The van der Waals surface area contributed by atoms with Gasteiger partial charge >= 0.3 is 0 Å². The molecule has 0 atom stereocenters. The van der Waals surface area contributed by atoms with Crippen molar-refractivity contribution in [2.75, 3.05) is 39.4 Å². The number of nitrogens with zero attached hydrogens (tertiary/aromatic N) is 2. The van der Waals surface area contributed by atoms with Gasteiger partial charge in [0.2, 0.25) is 0 Å². The lowest BCUT2D eigenvalue weighted by Crippen LogP contribution is -2.23. The Balaban J connectivity index is 0. The Bertz CT molecular complexity index is 496. The highest BCUT2D eigenvalue weighted by molar-refractivity contribution is 5.03. The van der Waals surface area contributed by atoms with Crippen LogP contribution in [-0.4, -0.2) is 49.5 Å². The van der Waals surface area contributed by atoms with Crippen LogP contribution in [0.1, 0.15) is 94.9 Å². The molecule has 0 amide bonds. The molecule has 0 aliphatic heterocycles. The molecule has 0 aromatic carbocycles. The summed E-state index contributed by atoms with van der Waals surface area (Å²) in [6.07, 6.45) is 13.4. The second-order valence-electron chi connectivity index (χ2n) is 8.56. The first-order chi connectivity index (χ1) is 15.2. The molecular formula is C28H54N2O2. The van der Waals surface area contributed by atoms with Crippen LogP contribution in [0.4, 0.5) is 0 Å². The molecule has 0 radical (unpaired) electrons. The minimum Gasteiger partial charge on any atom is -0.295 e. The van der Waals surface area contributed by atoms with Crippen molar-refractivity contribution < 1.29 is 9.68 Å². The normalized spacial score (nSPS) is 12.0. The highest BCUT2D eigenvalue weighted by Crippen LogP contribution is 2.07. The fourth-order valence-corrected chi connectivity index (χ4v) is 2.76. The van der Waals surface area contributed by atoms with E-state index < -0.39 is 0 Å². The van der Waals surface area contributed by atoms with Gasteiger partial charge in [-0.3, -0.25) is 9.68 Å². The van der Waals surface area contributed by atoms with Gasteiger partial charge in [-0.05, 0) is 67.2 Å². The van der Waals surface area contributed by atoms with Crippen LogP contribution >= 0.6 is 0 Å². The minimum atomic E-state index is 0.697. The smallest absolute Gasteiger partial charge is 0.0869 e. The van der Waals surface area contributed by atoms with Crippen molar-refractivity contribution in [3.63, 3.8) is 0 Å². The Morgan fingerprint density at radius 2 is 0.844 bits per heavy atom. The van der Waals surface area contributed by atoms with Crippen LogP contribution in [0, 0.1) is 0 Å². The standard InChI is InChI=1S/2C14H27NO/c2*1-6-15(7-2)16-12-11-14(5)10-8-9-13(3)4/h2*9,11H,6-8,10,12H2,1-5H3/b14-11+;14-11-. The van der Waals surface area contributed by atoms with E-state index in [0.717, 1.165) is 51.9 Å². The summed E-state index contributed by atoms with van der Waals surface area (Å²) in [4.78, 5) is 11.2. The molecule has 0 aromatic heterocycles. The summed E-state index contributed by atoms with van der Waals surface area (Å²) >= 11 is 0. The number of hydrogen-bond donors (Lipinski definition) is 0. The molecule has 0 aliphatic rings. The van der Waals surface area contributed by atoms with Crippen molar-refractivity contribution in [2.45, 2.75) is 94.9 Å². The van der Waals surface area contributed by atoms with E-state index in [-0.39, 0.29) is 0 Å². The summed E-state index contributed by atoms with van der Waals surface area (Å²) in [5.41, 5.74) is 5.61. The summed E-state index contributed by atoms with van der Waals surface area (Å²) < 4.78 is 0. The third-order valence-corrected chi connectivity index (χ3v) is 4.97. The van der Waals surface area contributed by atoms with Crippen LogP contribution in [-0.2, 0) is 9.68 Å². The molecule has 4 nitrogen and oxygen atoms in total. The summed E-state index contributed by atoms with van der Waals surface area (Å²) in [5.74, 6) is 0. The van der Waals surface area contributed by atoms with Crippen molar-refractivity contribution in [3.8, 4) is 0 Å². The van der Waals surface area contributed by atoms with Gasteiger partial charge in [-0.1, -0.05) is 74.3 Å². The van der Waals surface area contributed by atoms with E-state index in [0.29, 0.717) is 13.2 Å². The summed E-state index contributed by atoms with van der Waals surface area (Å²) in [6, 6.07) is 0. The van der Waals surface area contributed by atoms with Crippen molar-refractivity contribution >= 4 is 0 Å². The zero-order valence-corrected chi connectivity index (χ0v) is 23.1. The van der Waals surface area contributed by atoms with Crippen LogP contribution in [0.15, 0.2) is 46.6 Å². The fourth-order valence-electron chi connectivity index (χ4n) is 2.76. The first-order valence-electron chi connectivity index (χ1n) is 12.5. The predicted molar refractivity (Wildman–Crippen MR) is 143 cm³/mol. The molecule has 4 heteroatoms. The molecule has 0 rings (SSSR count). The van der Waals surface area contributed by atoms with E-state index in [4.69, 9.17) is 9.68 Å². The van der Waals surface area contributed by atoms with Gasteiger partial charge in [0.15, 0.2) is 0 Å². The predicted octanol–water partition coefficient (Wildman–Crippen LogP) is 7.91. The molecule has 0 N–H and O–H groups in total. The minimum absolute atomic E-state index is 0.697. The van der Waals surface area contributed by atoms with Gasteiger partial charge in [-0.25, -0.2) is 0 Å². The first kappa shape index (κ1) is 33.0. The first-order valence-corrected chi connectivity index (χ1v) is 12.5. The molecule has 0 bridgehead atoms. The average molecular weight is 451 g/mol. The van der Waals surface area contributed by atoms with Crippen LogP contribution < -0.4 is 0 Å². The highest BCUT2D eigenvalue weighted by Gasteiger charge is 1.97. The molecule has 0 aromatic rings. The number of rotatable bonds is 16.